The van der Waals surface area contributed by atoms with Crippen LogP contribution in [0.4, 0.5) is 0 Å². The summed E-state index contributed by atoms with van der Waals surface area (Å²) in [6, 6.07) is 7.43. The van der Waals surface area contributed by atoms with Gasteiger partial charge in [-0.05, 0) is 24.3 Å². The number of carboxylic acids is 1. The number of amides is 1. The molecule has 1 aliphatic rings. The first-order valence-corrected chi connectivity index (χ1v) is 8.39. The Morgan fingerprint density at radius 3 is 2.36 bits per heavy atom. The number of hydrogen-bond acceptors (Lipinski definition) is 4. The third-order valence-electron chi connectivity index (χ3n) is 3.74. The minimum atomic E-state index is -1.69. The third kappa shape index (κ3) is 4.38. The largest absolute Gasteiger partial charge is 0.479 e. The first kappa shape index (κ1) is 17.1. The van der Waals surface area contributed by atoms with Gasteiger partial charge in [0.15, 0.2) is 5.60 Å². The number of aliphatic hydroxyl groups is 1. The van der Waals surface area contributed by atoms with Crippen molar-refractivity contribution in [1.82, 2.24) is 4.90 Å². The van der Waals surface area contributed by atoms with E-state index < -0.39 is 11.6 Å². The van der Waals surface area contributed by atoms with Crippen molar-refractivity contribution in [3.05, 3.63) is 29.3 Å². The summed E-state index contributed by atoms with van der Waals surface area (Å²) in [6.45, 7) is 0.570. The van der Waals surface area contributed by atoms with E-state index in [1.807, 2.05) is 24.3 Å². The van der Waals surface area contributed by atoms with E-state index in [0.29, 0.717) is 17.2 Å². The molecule has 1 saturated heterocycles. The summed E-state index contributed by atoms with van der Waals surface area (Å²) >= 11 is 7.39. The number of carbonyl (C=O) groups excluding carboxylic acids is 1. The van der Waals surface area contributed by atoms with E-state index in [2.05, 4.69) is 0 Å². The Balaban J connectivity index is 1.74. The molecule has 0 bridgehead atoms. The number of carboxylic acid groups (broad SMARTS) is 1. The molecule has 1 fully saturated rings. The van der Waals surface area contributed by atoms with Gasteiger partial charge in [0.2, 0.25) is 5.91 Å². The van der Waals surface area contributed by atoms with Gasteiger partial charge < -0.3 is 15.1 Å². The molecule has 1 heterocycles. The minimum Gasteiger partial charge on any atom is -0.479 e. The molecule has 0 unspecified atom stereocenters. The number of aliphatic carboxylic acids is 1. The van der Waals surface area contributed by atoms with Crippen molar-refractivity contribution in [3.8, 4) is 0 Å². The van der Waals surface area contributed by atoms with E-state index in [-0.39, 0.29) is 31.8 Å². The molecule has 1 amide bonds. The second-order valence-electron chi connectivity index (χ2n) is 5.27. The summed E-state index contributed by atoms with van der Waals surface area (Å²) in [4.78, 5) is 25.7. The van der Waals surface area contributed by atoms with Gasteiger partial charge >= 0.3 is 5.97 Å². The molecule has 5 nitrogen and oxygen atoms in total. The number of hydrogen-bond donors (Lipinski definition) is 2. The van der Waals surface area contributed by atoms with Crippen molar-refractivity contribution in [2.75, 3.05) is 18.8 Å². The van der Waals surface area contributed by atoms with E-state index in [4.69, 9.17) is 16.7 Å². The normalized spacial score (nSPS) is 17.3. The summed E-state index contributed by atoms with van der Waals surface area (Å²) in [6.07, 6.45) is 0.551. The van der Waals surface area contributed by atoms with Crippen molar-refractivity contribution in [2.45, 2.75) is 29.8 Å². The predicted molar refractivity (Wildman–Crippen MR) is 85.2 cm³/mol. The fourth-order valence-corrected chi connectivity index (χ4v) is 3.25. The molecule has 0 spiro atoms. The molecule has 120 valence electrons. The maximum atomic E-state index is 12.1. The number of thioether (sulfide) groups is 1. The van der Waals surface area contributed by atoms with Crippen LogP contribution in [-0.2, 0) is 9.59 Å². The van der Waals surface area contributed by atoms with Crippen molar-refractivity contribution >= 4 is 35.2 Å². The summed E-state index contributed by atoms with van der Waals surface area (Å²) < 4.78 is 0. The van der Waals surface area contributed by atoms with Gasteiger partial charge in [-0.3, -0.25) is 4.79 Å². The Kier molecular flexibility index (Phi) is 5.72. The molecule has 7 heteroatoms. The SMILES string of the molecule is O=C(CCSc1ccc(Cl)cc1)N1CCC(O)(C(=O)O)CC1. The second-order valence-corrected chi connectivity index (χ2v) is 6.87. The third-order valence-corrected chi connectivity index (χ3v) is 5.01. The van der Waals surface area contributed by atoms with Crippen molar-refractivity contribution in [1.29, 1.82) is 0 Å². The molecule has 2 N–H and O–H groups in total. The summed E-state index contributed by atoms with van der Waals surface area (Å²) in [5.41, 5.74) is -1.69. The molecular weight excluding hydrogens is 326 g/mol. The average molecular weight is 344 g/mol. The number of nitrogens with zero attached hydrogens (tertiary/aromatic N) is 1. The van der Waals surface area contributed by atoms with E-state index in [1.54, 1.807) is 16.7 Å². The van der Waals surface area contributed by atoms with Gasteiger partial charge in [-0.2, -0.15) is 0 Å². The van der Waals surface area contributed by atoms with E-state index in [0.717, 1.165) is 4.90 Å². The van der Waals surface area contributed by atoms with Gasteiger partial charge in [-0.25, -0.2) is 4.79 Å². The molecule has 1 aliphatic heterocycles. The maximum Gasteiger partial charge on any atom is 0.335 e. The molecule has 1 aromatic rings. The lowest BCUT2D eigenvalue weighted by Gasteiger charge is -2.35. The zero-order chi connectivity index (χ0) is 16.2. The monoisotopic (exact) mass is 343 g/mol. The first-order chi connectivity index (χ1) is 10.4. The molecule has 0 radical (unpaired) electrons. The first-order valence-electron chi connectivity index (χ1n) is 7.03. The van der Waals surface area contributed by atoms with Crippen molar-refractivity contribution < 1.29 is 19.8 Å². The number of benzene rings is 1. The Hall–Kier alpha value is -1.24. The van der Waals surface area contributed by atoms with Gasteiger partial charge in [0.05, 0.1) is 0 Å². The molecule has 2 rings (SSSR count). The van der Waals surface area contributed by atoms with Crippen molar-refractivity contribution in [3.63, 3.8) is 0 Å². The van der Waals surface area contributed by atoms with Crippen LogP contribution in [0, 0.1) is 0 Å². The van der Waals surface area contributed by atoms with Crippen LogP contribution in [0.5, 0.6) is 0 Å². The summed E-state index contributed by atoms with van der Waals surface area (Å²) in [7, 11) is 0. The highest BCUT2D eigenvalue weighted by atomic mass is 35.5. The van der Waals surface area contributed by atoms with Crippen LogP contribution in [0.2, 0.25) is 5.02 Å². The van der Waals surface area contributed by atoms with Crippen molar-refractivity contribution in [2.24, 2.45) is 0 Å². The lowest BCUT2D eigenvalue weighted by Crippen LogP contribution is -2.50. The summed E-state index contributed by atoms with van der Waals surface area (Å²) in [5.74, 6) is -0.563. The molecule has 0 saturated carbocycles. The van der Waals surface area contributed by atoms with Crippen LogP contribution < -0.4 is 0 Å². The van der Waals surface area contributed by atoms with Crippen LogP contribution in [0.25, 0.3) is 0 Å². The Morgan fingerprint density at radius 1 is 1.23 bits per heavy atom. The predicted octanol–water partition coefficient (Wildman–Crippen LogP) is 2.26. The van der Waals surface area contributed by atoms with E-state index in [1.165, 1.54) is 0 Å². The molecule has 0 aromatic heterocycles. The molecule has 22 heavy (non-hydrogen) atoms. The number of carbonyl (C=O) groups is 2. The maximum absolute atomic E-state index is 12.1. The van der Waals surface area contributed by atoms with Crippen LogP contribution in [0.3, 0.4) is 0 Å². The van der Waals surface area contributed by atoms with Gasteiger partial charge in [0.1, 0.15) is 0 Å². The lowest BCUT2D eigenvalue weighted by molar-refractivity contribution is -0.165. The highest BCUT2D eigenvalue weighted by Gasteiger charge is 2.40. The van der Waals surface area contributed by atoms with Gasteiger partial charge in [0, 0.05) is 48.0 Å². The standard InChI is InChI=1S/C15H18ClNO4S/c16-11-1-3-12(4-2-11)22-10-5-13(18)17-8-6-15(21,7-9-17)14(19)20/h1-4,21H,5-10H2,(H,19,20). The highest BCUT2D eigenvalue weighted by molar-refractivity contribution is 7.99. The molecule has 0 aliphatic carbocycles. The van der Waals surface area contributed by atoms with Crippen LogP contribution >= 0.6 is 23.4 Å². The summed E-state index contributed by atoms with van der Waals surface area (Å²) in [5, 5.41) is 19.5. The highest BCUT2D eigenvalue weighted by Crippen LogP contribution is 2.24. The second kappa shape index (κ2) is 7.35. The lowest BCUT2D eigenvalue weighted by atomic mass is 9.91. The minimum absolute atomic E-state index is 0.00565. The zero-order valence-corrected chi connectivity index (χ0v) is 13.6. The zero-order valence-electron chi connectivity index (χ0n) is 12.0. The number of piperidine rings is 1. The fraction of sp³-hybridized carbons (Fsp3) is 0.467. The number of rotatable bonds is 5. The smallest absolute Gasteiger partial charge is 0.335 e. The molecule has 1 aromatic carbocycles. The van der Waals surface area contributed by atoms with Crippen LogP contribution in [0.15, 0.2) is 29.2 Å². The van der Waals surface area contributed by atoms with E-state index in [9.17, 15) is 14.7 Å². The van der Waals surface area contributed by atoms with Gasteiger partial charge in [-0.15, -0.1) is 11.8 Å². The Labute approximate surface area is 138 Å². The Bertz CT molecular complexity index is 541. The average Bonchev–Trinajstić information content (AvgIpc) is 2.49. The van der Waals surface area contributed by atoms with Gasteiger partial charge in [0.25, 0.3) is 0 Å². The van der Waals surface area contributed by atoms with Crippen LogP contribution in [-0.4, -0.2) is 51.4 Å². The van der Waals surface area contributed by atoms with Gasteiger partial charge in [-0.1, -0.05) is 11.6 Å². The van der Waals surface area contributed by atoms with E-state index >= 15 is 0 Å². The molecular formula is C15H18ClNO4S. The topological polar surface area (TPSA) is 77.8 Å². The quantitative estimate of drug-likeness (QED) is 0.802. The number of halogens is 1. The molecule has 0 atom stereocenters. The Morgan fingerprint density at radius 2 is 1.82 bits per heavy atom. The number of likely N-dealkylation sites (tertiary alicyclic amines) is 1. The van der Waals surface area contributed by atoms with Crippen LogP contribution in [0.1, 0.15) is 19.3 Å². The fourth-order valence-electron chi connectivity index (χ4n) is 2.29.